The van der Waals surface area contributed by atoms with Gasteiger partial charge in [0.15, 0.2) is 0 Å². The largest absolute Gasteiger partial charge is 0.311 e. The summed E-state index contributed by atoms with van der Waals surface area (Å²) in [5, 5.41) is 0. The van der Waals surface area contributed by atoms with E-state index in [4.69, 9.17) is 19.9 Å². The highest BCUT2D eigenvalue weighted by Crippen LogP contribution is 2.39. The van der Waals surface area contributed by atoms with Crippen LogP contribution in [0.5, 0.6) is 0 Å². The highest BCUT2D eigenvalue weighted by molar-refractivity contribution is 5.90. The molecule has 0 radical (unpaired) electrons. The van der Waals surface area contributed by atoms with Crippen molar-refractivity contribution in [2.24, 2.45) is 0 Å². The fourth-order valence-electron chi connectivity index (χ4n) is 7.18. The van der Waals surface area contributed by atoms with Crippen LogP contribution in [0.4, 0.5) is 17.1 Å². The Balaban J connectivity index is 1.13. The van der Waals surface area contributed by atoms with Crippen LogP contribution in [0.1, 0.15) is 22.3 Å². The molecule has 0 saturated carbocycles. The van der Waals surface area contributed by atoms with Crippen LogP contribution in [0.25, 0.3) is 67.1 Å². The van der Waals surface area contributed by atoms with Crippen LogP contribution in [0, 0.1) is 27.7 Å². The van der Waals surface area contributed by atoms with Crippen molar-refractivity contribution in [3.05, 3.63) is 186 Å². The van der Waals surface area contributed by atoms with Crippen LogP contribution in [0.15, 0.2) is 164 Å². The molecule has 0 atom stereocenters. The molecule has 7 aromatic carbocycles. The van der Waals surface area contributed by atoms with Crippen LogP contribution in [0.3, 0.4) is 0 Å². The molecule has 0 aliphatic rings. The third kappa shape index (κ3) is 6.51. The SMILES string of the molecule is Cc1cc2nc(-c3ccccc3)c(-c3ccc(N(c4ccccc4)c4ccc(-c5nc6cc(C)c(C)cc6nc5-c5ccccc5)cc4)cc3)nc2cc1C. The van der Waals surface area contributed by atoms with E-state index in [1.807, 2.05) is 42.5 Å². The average Bonchev–Trinajstić information content (AvgIpc) is 3.23. The number of para-hydroxylation sites is 1. The Morgan fingerprint density at radius 3 is 0.855 bits per heavy atom. The summed E-state index contributed by atoms with van der Waals surface area (Å²) in [6.45, 7) is 8.50. The van der Waals surface area contributed by atoms with Crippen molar-refractivity contribution >= 4 is 39.1 Å². The van der Waals surface area contributed by atoms with E-state index >= 15 is 0 Å². The molecule has 9 aromatic rings. The van der Waals surface area contributed by atoms with Gasteiger partial charge in [-0.1, -0.05) is 103 Å². The smallest absolute Gasteiger partial charge is 0.0973 e. The zero-order valence-corrected chi connectivity index (χ0v) is 31.3. The van der Waals surface area contributed by atoms with Gasteiger partial charge >= 0.3 is 0 Å². The second-order valence-corrected chi connectivity index (χ2v) is 14.2. The molecule has 0 bridgehead atoms. The van der Waals surface area contributed by atoms with Crippen molar-refractivity contribution in [2.45, 2.75) is 27.7 Å². The molecule has 0 aliphatic heterocycles. The molecule has 0 amide bonds. The second kappa shape index (κ2) is 14.1. The topological polar surface area (TPSA) is 54.8 Å². The normalized spacial score (nSPS) is 11.3. The average molecular weight is 710 g/mol. The number of hydrogen-bond donors (Lipinski definition) is 0. The Morgan fingerprint density at radius 1 is 0.291 bits per heavy atom. The molecule has 0 fully saturated rings. The van der Waals surface area contributed by atoms with Gasteiger partial charge in [-0.2, -0.15) is 0 Å². The molecule has 2 aromatic heterocycles. The zero-order valence-electron chi connectivity index (χ0n) is 31.3. The molecule has 2 heterocycles. The van der Waals surface area contributed by atoms with Gasteiger partial charge in [-0.25, -0.2) is 19.9 Å². The van der Waals surface area contributed by atoms with E-state index in [9.17, 15) is 0 Å². The summed E-state index contributed by atoms with van der Waals surface area (Å²) in [5.41, 5.74) is 19.1. The summed E-state index contributed by atoms with van der Waals surface area (Å²) < 4.78 is 0. The number of benzene rings is 7. The summed E-state index contributed by atoms with van der Waals surface area (Å²) in [6, 6.07) is 57.0. The predicted molar refractivity (Wildman–Crippen MR) is 228 cm³/mol. The van der Waals surface area contributed by atoms with Gasteiger partial charge in [-0.15, -0.1) is 0 Å². The molecule has 5 heteroatoms. The van der Waals surface area contributed by atoms with Gasteiger partial charge in [0.2, 0.25) is 0 Å². The summed E-state index contributed by atoms with van der Waals surface area (Å²) in [5.74, 6) is 0. The molecule has 0 saturated heterocycles. The minimum atomic E-state index is 0.861. The Hall–Kier alpha value is -6.98. The number of anilines is 3. The number of hydrogen-bond acceptors (Lipinski definition) is 5. The first-order valence-electron chi connectivity index (χ1n) is 18.6. The Morgan fingerprint density at radius 2 is 0.545 bits per heavy atom. The summed E-state index contributed by atoms with van der Waals surface area (Å²) in [6.07, 6.45) is 0. The minimum absolute atomic E-state index is 0.861. The third-order valence-corrected chi connectivity index (χ3v) is 10.5. The van der Waals surface area contributed by atoms with Crippen LogP contribution >= 0.6 is 0 Å². The van der Waals surface area contributed by atoms with Crippen LogP contribution in [-0.2, 0) is 0 Å². The van der Waals surface area contributed by atoms with Crippen molar-refractivity contribution in [1.29, 1.82) is 0 Å². The number of nitrogens with zero attached hydrogens (tertiary/aromatic N) is 5. The molecule has 0 N–H and O–H groups in total. The highest BCUT2D eigenvalue weighted by Gasteiger charge is 2.19. The lowest BCUT2D eigenvalue weighted by Crippen LogP contribution is -2.09. The first-order chi connectivity index (χ1) is 26.9. The highest BCUT2D eigenvalue weighted by atomic mass is 15.1. The molecular formula is C50H39N5. The number of aryl methyl sites for hydroxylation is 4. The molecule has 55 heavy (non-hydrogen) atoms. The van der Waals surface area contributed by atoms with E-state index in [2.05, 4.69) is 154 Å². The van der Waals surface area contributed by atoms with E-state index in [1.165, 1.54) is 22.3 Å². The van der Waals surface area contributed by atoms with Crippen LogP contribution in [-0.4, -0.2) is 19.9 Å². The monoisotopic (exact) mass is 709 g/mol. The molecule has 9 rings (SSSR count). The van der Waals surface area contributed by atoms with Gasteiger partial charge in [0.05, 0.1) is 44.8 Å². The van der Waals surface area contributed by atoms with E-state index in [0.29, 0.717) is 0 Å². The second-order valence-electron chi connectivity index (χ2n) is 14.2. The van der Waals surface area contributed by atoms with Gasteiger partial charge in [0, 0.05) is 39.3 Å². The molecular weight excluding hydrogens is 671 g/mol. The van der Waals surface area contributed by atoms with Gasteiger partial charge < -0.3 is 4.90 Å². The molecule has 5 nitrogen and oxygen atoms in total. The van der Waals surface area contributed by atoms with Gasteiger partial charge in [0.25, 0.3) is 0 Å². The summed E-state index contributed by atoms with van der Waals surface area (Å²) >= 11 is 0. The Labute approximate surface area is 321 Å². The van der Waals surface area contributed by atoms with Crippen molar-refractivity contribution in [3.63, 3.8) is 0 Å². The van der Waals surface area contributed by atoms with E-state index in [1.54, 1.807) is 0 Å². The first-order valence-corrected chi connectivity index (χ1v) is 18.6. The van der Waals surface area contributed by atoms with Gasteiger partial charge in [-0.05, 0) is 111 Å². The third-order valence-electron chi connectivity index (χ3n) is 10.5. The van der Waals surface area contributed by atoms with Crippen LogP contribution in [0.2, 0.25) is 0 Å². The van der Waals surface area contributed by atoms with E-state index in [-0.39, 0.29) is 0 Å². The zero-order chi connectivity index (χ0) is 37.5. The maximum absolute atomic E-state index is 5.22. The van der Waals surface area contributed by atoms with Crippen molar-refractivity contribution in [1.82, 2.24) is 19.9 Å². The standard InChI is InChI=1S/C50H39N5/c1-32-28-43-45(30-34(32)3)53-49(47(51-43)36-14-8-5-9-15-36)38-20-24-41(25-21-38)55(40-18-12-7-13-19-40)42-26-22-39(23-27-42)50-48(37-16-10-6-11-17-37)52-44-29-33(2)35(4)31-46(44)54-50/h5-31H,1-4H3. The maximum Gasteiger partial charge on any atom is 0.0973 e. The number of fused-ring (bicyclic) bond motifs is 2. The fourth-order valence-corrected chi connectivity index (χ4v) is 7.18. The predicted octanol–water partition coefficient (Wildman–Crippen LogP) is 12.9. The summed E-state index contributed by atoms with van der Waals surface area (Å²) in [4.78, 5) is 23.1. The van der Waals surface area contributed by atoms with Crippen molar-refractivity contribution in [2.75, 3.05) is 4.90 Å². The quantitative estimate of drug-likeness (QED) is 0.165. The minimum Gasteiger partial charge on any atom is -0.311 e. The molecule has 0 spiro atoms. The molecule has 0 unspecified atom stereocenters. The molecule has 0 aliphatic carbocycles. The number of aromatic nitrogens is 4. The van der Waals surface area contributed by atoms with Crippen molar-refractivity contribution < 1.29 is 0 Å². The van der Waals surface area contributed by atoms with E-state index < -0.39 is 0 Å². The van der Waals surface area contributed by atoms with E-state index in [0.717, 1.165) is 84.2 Å². The fraction of sp³-hybridized carbons (Fsp3) is 0.0800. The van der Waals surface area contributed by atoms with Gasteiger partial charge in [-0.3, -0.25) is 0 Å². The number of rotatable bonds is 7. The van der Waals surface area contributed by atoms with Crippen LogP contribution < -0.4 is 4.90 Å². The lowest BCUT2D eigenvalue weighted by atomic mass is 10.0. The first kappa shape index (κ1) is 33.8. The van der Waals surface area contributed by atoms with Gasteiger partial charge in [0.1, 0.15) is 0 Å². The lowest BCUT2D eigenvalue weighted by Gasteiger charge is -2.26. The Bertz CT molecular complexity index is 2640. The van der Waals surface area contributed by atoms with Crippen molar-refractivity contribution in [3.8, 4) is 45.0 Å². The molecule has 264 valence electrons. The Kier molecular flexibility index (Phi) is 8.68. The lowest BCUT2D eigenvalue weighted by molar-refractivity contribution is 1.25. The summed E-state index contributed by atoms with van der Waals surface area (Å²) in [7, 11) is 0. The maximum atomic E-state index is 5.22.